The molecule has 3 rings (SSSR count). The number of nitrogens with zero attached hydrogens (tertiary/aromatic N) is 2. The monoisotopic (exact) mass is 347 g/mol. The van der Waals surface area contributed by atoms with E-state index < -0.39 is 0 Å². The van der Waals surface area contributed by atoms with Crippen molar-refractivity contribution < 1.29 is 4.79 Å². The standard InChI is InChI=1S/C17H15Cl2N3O/c1-3-13-16(22-7-6-12(19)9-15(22)20-13)17(23)21-14-5-4-11(18)8-10(14)2/h4-9H,3H2,1-2H3,(H,21,23). The van der Waals surface area contributed by atoms with Gasteiger partial charge in [0.05, 0.1) is 5.69 Å². The Labute approximate surface area is 144 Å². The number of aryl methyl sites for hydroxylation is 2. The zero-order valence-corrected chi connectivity index (χ0v) is 14.2. The van der Waals surface area contributed by atoms with E-state index in [9.17, 15) is 4.79 Å². The van der Waals surface area contributed by atoms with E-state index in [-0.39, 0.29) is 5.91 Å². The maximum Gasteiger partial charge on any atom is 0.274 e. The lowest BCUT2D eigenvalue weighted by molar-refractivity contribution is 0.102. The Hall–Kier alpha value is -2.04. The summed E-state index contributed by atoms with van der Waals surface area (Å²) in [5.41, 5.74) is 3.54. The molecule has 2 aromatic heterocycles. The molecule has 1 aromatic carbocycles. The van der Waals surface area contributed by atoms with Gasteiger partial charge >= 0.3 is 0 Å². The zero-order valence-electron chi connectivity index (χ0n) is 12.7. The Balaban J connectivity index is 2.03. The van der Waals surface area contributed by atoms with Crippen molar-refractivity contribution in [3.05, 3.63) is 63.5 Å². The molecule has 2 heterocycles. The Bertz CT molecular complexity index is 902. The maximum absolute atomic E-state index is 12.8. The highest BCUT2D eigenvalue weighted by atomic mass is 35.5. The summed E-state index contributed by atoms with van der Waals surface area (Å²) in [5.74, 6) is -0.206. The Kier molecular flexibility index (Phi) is 4.28. The minimum absolute atomic E-state index is 0.206. The van der Waals surface area contributed by atoms with Gasteiger partial charge in [0, 0.05) is 28.0 Å². The highest BCUT2D eigenvalue weighted by molar-refractivity contribution is 6.31. The van der Waals surface area contributed by atoms with Crippen LogP contribution in [0.3, 0.4) is 0 Å². The van der Waals surface area contributed by atoms with Crippen LogP contribution in [0, 0.1) is 6.92 Å². The van der Waals surface area contributed by atoms with Crippen LogP contribution in [0.25, 0.3) is 5.65 Å². The molecule has 0 spiro atoms. The topological polar surface area (TPSA) is 46.4 Å². The molecule has 0 fully saturated rings. The number of hydrogen-bond acceptors (Lipinski definition) is 2. The third-order valence-corrected chi connectivity index (χ3v) is 4.12. The van der Waals surface area contributed by atoms with Crippen LogP contribution in [0.15, 0.2) is 36.5 Å². The number of benzene rings is 1. The van der Waals surface area contributed by atoms with Crippen LogP contribution in [0.2, 0.25) is 10.0 Å². The minimum Gasteiger partial charge on any atom is -0.320 e. The summed E-state index contributed by atoms with van der Waals surface area (Å²) in [6, 6.07) is 8.83. The summed E-state index contributed by atoms with van der Waals surface area (Å²) in [7, 11) is 0. The molecular formula is C17H15Cl2N3O. The van der Waals surface area contributed by atoms with Gasteiger partial charge in [-0.15, -0.1) is 0 Å². The summed E-state index contributed by atoms with van der Waals surface area (Å²) in [5, 5.41) is 4.16. The first-order chi connectivity index (χ1) is 11.0. The molecule has 0 atom stereocenters. The normalized spacial score (nSPS) is 11.0. The average molecular weight is 348 g/mol. The van der Waals surface area contributed by atoms with Gasteiger partial charge in [0.1, 0.15) is 11.3 Å². The summed E-state index contributed by atoms with van der Waals surface area (Å²) in [4.78, 5) is 17.2. The molecule has 0 bridgehead atoms. The molecule has 0 aliphatic heterocycles. The first-order valence-corrected chi connectivity index (χ1v) is 7.99. The van der Waals surface area contributed by atoms with E-state index in [1.165, 1.54) is 0 Å². The predicted molar refractivity (Wildman–Crippen MR) is 93.7 cm³/mol. The lowest BCUT2D eigenvalue weighted by Gasteiger charge is -2.09. The van der Waals surface area contributed by atoms with Gasteiger partial charge in [-0.2, -0.15) is 0 Å². The second-order valence-corrected chi connectivity index (χ2v) is 6.12. The molecule has 0 aliphatic carbocycles. The number of pyridine rings is 1. The van der Waals surface area contributed by atoms with E-state index >= 15 is 0 Å². The first-order valence-electron chi connectivity index (χ1n) is 7.23. The molecule has 0 saturated heterocycles. The number of hydrogen-bond donors (Lipinski definition) is 1. The van der Waals surface area contributed by atoms with Crippen molar-refractivity contribution in [3.8, 4) is 0 Å². The highest BCUT2D eigenvalue weighted by Crippen LogP contribution is 2.22. The Morgan fingerprint density at radius 2 is 1.96 bits per heavy atom. The summed E-state index contributed by atoms with van der Waals surface area (Å²) in [6.07, 6.45) is 2.41. The van der Waals surface area contributed by atoms with Crippen LogP contribution in [0.5, 0.6) is 0 Å². The van der Waals surface area contributed by atoms with Gasteiger partial charge in [0.15, 0.2) is 0 Å². The third kappa shape index (κ3) is 3.05. The number of fused-ring (bicyclic) bond motifs is 1. The average Bonchev–Trinajstić information content (AvgIpc) is 2.87. The minimum atomic E-state index is -0.206. The number of imidazole rings is 1. The van der Waals surface area contributed by atoms with Crippen molar-refractivity contribution in [1.29, 1.82) is 0 Å². The van der Waals surface area contributed by atoms with Gasteiger partial charge in [0.25, 0.3) is 5.91 Å². The smallest absolute Gasteiger partial charge is 0.274 e. The van der Waals surface area contributed by atoms with Gasteiger partial charge in [0.2, 0.25) is 0 Å². The molecule has 4 nitrogen and oxygen atoms in total. The van der Waals surface area contributed by atoms with Gasteiger partial charge in [-0.3, -0.25) is 9.20 Å². The Morgan fingerprint density at radius 3 is 2.65 bits per heavy atom. The Morgan fingerprint density at radius 1 is 1.22 bits per heavy atom. The van der Waals surface area contributed by atoms with Crippen molar-refractivity contribution in [2.24, 2.45) is 0 Å². The van der Waals surface area contributed by atoms with Gasteiger partial charge in [-0.05, 0) is 43.2 Å². The van der Waals surface area contributed by atoms with Gasteiger partial charge in [-0.1, -0.05) is 30.1 Å². The molecule has 1 amide bonds. The predicted octanol–water partition coefficient (Wildman–Crippen LogP) is 4.76. The number of nitrogens with one attached hydrogen (secondary N) is 1. The zero-order chi connectivity index (χ0) is 16.6. The molecule has 0 radical (unpaired) electrons. The summed E-state index contributed by atoms with van der Waals surface area (Å²) >= 11 is 12.0. The lowest BCUT2D eigenvalue weighted by atomic mass is 10.2. The number of rotatable bonds is 3. The molecule has 1 N–H and O–H groups in total. The lowest BCUT2D eigenvalue weighted by Crippen LogP contribution is -2.16. The summed E-state index contributed by atoms with van der Waals surface area (Å²) in [6.45, 7) is 3.87. The molecule has 3 aromatic rings. The second kappa shape index (κ2) is 6.22. The van der Waals surface area contributed by atoms with Crippen LogP contribution in [0.1, 0.15) is 28.7 Å². The van der Waals surface area contributed by atoms with E-state index in [0.717, 1.165) is 16.9 Å². The van der Waals surface area contributed by atoms with Gasteiger partial charge < -0.3 is 5.32 Å². The van der Waals surface area contributed by atoms with Crippen molar-refractivity contribution in [3.63, 3.8) is 0 Å². The van der Waals surface area contributed by atoms with E-state index in [0.29, 0.717) is 27.8 Å². The largest absolute Gasteiger partial charge is 0.320 e. The molecule has 0 aliphatic rings. The van der Waals surface area contributed by atoms with Gasteiger partial charge in [-0.25, -0.2) is 4.98 Å². The number of halogens is 2. The molecule has 6 heteroatoms. The van der Waals surface area contributed by atoms with Crippen molar-refractivity contribution in [2.75, 3.05) is 5.32 Å². The van der Waals surface area contributed by atoms with Crippen LogP contribution in [0.4, 0.5) is 5.69 Å². The van der Waals surface area contributed by atoms with Crippen molar-refractivity contribution in [2.45, 2.75) is 20.3 Å². The van der Waals surface area contributed by atoms with Crippen LogP contribution < -0.4 is 5.32 Å². The number of carbonyl (C=O) groups excluding carboxylic acids is 1. The van der Waals surface area contributed by atoms with E-state index in [2.05, 4.69) is 10.3 Å². The number of amides is 1. The first kappa shape index (κ1) is 15.8. The fourth-order valence-corrected chi connectivity index (χ4v) is 2.88. The van der Waals surface area contributed by atoms with E-state index in [1.54, 1.807) is 34.9 Å². The van der Waals surface area contributed by atoms with Crippen LogP contribution in [-0.2, 0) is 6.42 Å². The molecule has 0 unspecified atom stereocenters. The molecule has 23 heavy (non-hydrogen) atoms. The number of carbonyl (C=O) groups is 1. The fourth-order valence-electron chi connectivity index (χ4n) is 2.50. The van der Waals surface area contributed by atoms with Crippen LogP contribution in [-0.4, -0.2) is 15.3 Å². The third-order valence-electron chi connectivity index (χ3n) is 3.65. The van der Waals surface area contributed by atoms with E-state index in [4.69, 9.17) is 23.2 Å². The summed E-state index contributed by atoms with van der Waals surface area (Å²) < 4.78 is 1.76. The second-order valence-electron chi connectivity index (χ2n) is 5.25. The SMILES string of the molecule is CCc1nc2cc(Cl)ccn2c1C(=O)Nc1ccc(Cl)cc1C. The van der Waals surface area contributed by atoms with Crippen molar-refractivity contribution >= 4 is 40.4 Å². The van der Waals surface area contributed by atoms with E-state index in [1.807, 2.05) is 19.9 Å². The van der Waals surface area contributed by atoms with Crippen LogP contribution >= 0.6 is 23.2 Å². The molecule has 0 saturated carbocycles. The quantitative estimate of drug-likeness (QED) is 0.741. The molecular weight excluding hydrogens is 333 g/mol. The fraction of sp³-hybridized carbons (Fsp3) is 0.176. The number of anilines is 1. The number of aromatic nitrogens is 2. The highest BCUT2D eigenvalue weighted by Gasteiger charge is 2.19. The van der Waals surface area contributed by atoms with Crippen molar-refractivity contribution in [1.82, 2.24) is 9.38 Å². The molecule has 118 valence electrons. The maximum atomic E-state index is 12.8.